The lowest BCUT2D eigenvalue weighted by molar-refractivity contribution is -0.120. The van der Waals surface area contributed by atoms with Crippen LogP contribution in [0.25, 0.3) is 0 Å². The lowest BCUT2D eigenvalue weighted by Crippen LogP contribution is -2.41. The van der Waals surface area contributed by atoms with Gasteiger partial charge in [-0.15, -0.1) is 0 Å². The Morgan fingerprint density at radius 3 is 2.41 bits per heavy atom. The second-order valence-corrected chi connectivity index (χ2v) is 9.82. The van der Waals surface area contributed by atoms with Crippen LogP contribution in [0, 0.1) is 5.92 Å². The molecular weight excluding hydrogens is 460 g/mol. The van der Waals surface area contributed by atoms with Gasteiger partial charge in [0.1, 0.15) is 13.2 Å². The number of sulfonamides is 1. The summed E-state index contributed by atoms with van der Waals surface area (Å²) < 4.78 is 38.3. The first-order chi connectivity index (χ1) is 15.3. The van der Waals surface area contributed by atoms with E-state index in [1.54, 1.807) is 6.07 Å². The molecule has 4 rings (SSSR count). The Bertz CT molecular complexity index is 1160. The second kappa shape index (κ2) is 8.97. The molecule has 2 aromatic carbocycles. The molecule has 2 N–H and O–H groups in total. The van der Waals surface area contributed by atoms with E-state index in [1.807, 2.05) is 0 Å². The number of halogens is 1. The standard InChI is InChI=1S/C21H21ClN2O7S/c22-16-3-1-14(21(26)27)11-17(16)23-20(25)13-5-7-24(8-6-13)32(28,29)15-2-4-18-19(12-15)31-10-9-30-18/h1-4,11-13H,5-10H2,(H,23,25)(H,26,27). The number of nitrogens with zero attached hydrogens (tertiary/aromatic N) is 1. The summed E-state index contributed by atoms with van der Waals surface area (Å²) in [4.78, 5) is 23.9. The topological polar surface area (TPSA) is 122 Å². The van der Waals surface area contributed by atoms with E-state index in [2.05, 4.69) is 5.32 Å². The number of nitrogens with one attached hydrogen (secondary N) is 1. The molecule has 1 saturated heterocycles. The number of carboxylic acid groups (broad SMARTS) is 1. The van der Waals surface area contributed by atoms with E-state index >= 15 is 0 Å². The number of ether oxygens (including phenoxy) is 2. The predicted octanol–water partition coefficient (Wildman–Crippen LogP) is 2.85. The average molecular weight is 481 g/mol. The molecule has 0 saturated carbocycles. The molecule has 9 nitrogen and oxygen atoms in total. The highest BCUT2D eigenvalue weighted by Crippen LogP contribution is 2.34. The molecular formula is C21H21ClN2O7S. The quantitative estimate of drug-likeness (QED) is 0.674. The molecule has 1 fully saturated rings. The molecule has 2 aromatic rings. The third kappa shape index (κ3) is 4.52. The maximum Gasteiger partial charge on any atom is 0.335 e. The predicted molar refractivity (Wildman–Crippen MR) is 116 cm³/mol. The van der Waals surface area contributed by atoms with Gasteiger partial charge in [0.25, 0.3) is 0 Å². The first-order valence-corrected chi connectivity index (χ1v) is 11.8. The summed E-state index contributed by atoms with van der Waals surface area (Å²) in [6.45, 7) is 1.13. The Hall–Kier alpha value is -2.82. The lowest BCUT2D eigenvalue weighted by atomic mass is 9.97. The van der Waals surface area contributed by atoms with Gasteiger partial charge in [0.2, 0.25) is 15.9 Å². The van der Waals surface area contributed by atoms with Crippen LogP contribution >= 0.6 is 11.6 Å². The molecule has 32 heavy (non-hydrogen) atoms. The first-order valence-electron chi connectivity index (χ1n) is 9.99. The fourth-order valence-electron chi connectivity index (χ4n) is 3.68. The van der Waals surface area contributed by atoms with Gasteiger partial charge >= 0.3 is 5.97 Å². The van der Waals surface area contributed by atoms with Crippen LogP contribution in [0.2, 0.25) is 5.02 Å². The van der Waals surface area contributed by atoms with E-state index in [1.165, 1.54) is 34.6 Å². The molecule has 1 amide bonds. The maximum atomic E-state index is 13.0. The van der Waals surface area contributed by atoms with Gasteiger partial charge in [-0.05, 0) is 43.2 Å². The van der Waals surface area contributed by atoms with Crippen molar-refractivity contribution >= 4 is 39.2 Å². The van der Waals surface area contributed by atoms with E-state index in [9.17, 15) is 18.0 Å². The molecule has 0 spiro atoms. The smallest absolute Gasteiger partial charge is 0.335 e. The summed E-state index contributed by atoms with van der Waals surface area (Å²) in [6, 6.07) is 8.57. The first kappa shape index (κ1) is 22.4. The summed E-state index contributed by atoms with van der Waals surface area (Å²) in [5.74, 6) is -0.977. The zero-order valence-corrected chi connectivity index (χ0v) is 18.5. The Balaban J connectivity index is 1.41. The third-order valence-corrected chi connectivity index (χ3v) is 7.67. The molecule has 0 bridgehead atoms. The fourth-order valence-corrected chi connectivity index (χ4v) is 5.33. The van der Waals surface area contributed by atoms with Gasteiger partial charge in [0.15, 0.2) is 11.5 Å². The summed E-state index contributed by atoms with van der Waals surface area (Å²) in [6.07, 6.45) is 0.651. The Labute approximate surface area is 189 Å². The molecule has 11 heteroatoms. The maximum absolute atomic E-state index is 13.0. The number of carbonyl (C=O) groups excluding carboxylic acids is 1. The molecule has 0 aliphatic carbocycles. The van der Waals surface area contributed by atoms with Crippen molar-refractivity contribution in [1.29, 1.82) is 0 Å². The van der Waals surface area contributed by atoms with E-state index in [0.717, 1.165) is 0 Å². The molecule has 2 heterocycles. The van der Waals surface area contributed by atoms with Crippen molar-refractivity contribution < 1.29 is 32.6 Å². The Morgan fingerprint density at radius 2 is 1.72 bits per heavy atom. The summed E-state index contributed by atoms with van der Waals surface area (Å²) in [5, 5.41) is 12.0. The Morgan fingerprint density at radius 1 is 1.03 bits per heavy atom. The van der Waals surface area contributed by atoms with Crippen LogP contribution < -0.4 is 14.8 Å². The number of fused-ring (bicyclic) bond motifs is 1. The molecule has 0 aromatic heterocycles. The molecule has 2 aliphatic heterocycles. The highest BCUT2D eigenvalue weighted by Gasteiger charge is 2.33. The summed E-state index contributed by atoms with van der Waals surface area (Å²) in [7, 11) is -3.75. The van der Waals surface area contributed by atoms with Gasteiger partial charge in [0, 0.05) is 25.1 Å². The van der Waals surface area contributed by atoms with Crippen LogP contribution in [0.15, 0.2) is 41.3 Å². The second-order valence-electron chi connectivity index (χ2n) is 7.47. The number of aromatic carboxylic acids is 1. The minimum absolute atomic E-state index is 0.00467. The van der Waals surface area contributed by atoms with Crippen LogP contribution in [0.3, 0.4) is 0 Å². The zero-order chi connectivity index (χ0) is 22.9. The van der Waals surface area contributed by atoms with E-state index in [4.69, 9.17) is 26.2 Å². The van der Waals surface area contributed by atoms with Crippen LogP contribution in [-0.2, 0) is 14.8 Å². The van der Waals surface area contributed by atoms with E-state index in [0.29, 0.717) is 37.6 Å². The van der Waals surface area contributed by atoms with Crippen molar-refractivity contribution in [3.8, 4) is 11.5 Å². The van der Waals surface area contributed by atoms with E-state index < -0.39 is 21.9 Å². The highest BCUT2D eigenvalue weighted by molar-refractivity contribution is 7.89. The number of anilines is 1. The van der Waals surface area contributed by atoms with Crippen molar-refractivity contribution in [3.05, 3.63) is 47.0 Å². The number of hydrogen-bond acceptors (Lipinski definition) is 6. The normalized spacial score (nSPS) is 17.0. The highest BCUT2D eigenvalue weighted by atomic mass is 35.5. The number of amides is 1. The minimum atomic E-state index is -3.75. The van der Waals surface area contributed by atoms with Crippen LogP contribution in [0.5, 0.6) is 11.5 Å². The number of carbonyl (C=O) groups is 2. The van der Waals surface area contributed by atoms with Gasteiger partial charge in [-0.1, -0.05) is 11.6 Å². The summed E-state index contributed by atoms with van der Waals surface area (Å²) >= 11 is 6.07. The lowest BCUT2D eigenvalue weighted by Gasteiger charge is -2.31. The molecule has 2 aliphatic rings. The van der Waals surface area contributed by atoms with Gasteiger partial charge in [-0.25, -0.2) is 13.2 Å². The monoisotopic (exact) mass is 480 g/mol. The average Bonchev–Trinajstić information content (AvgIpc) is 2.80. The summed E-state index contributed by atoms with van der Waals surface area (Å²) in [5.41, 5.74) is 0.216. The Kier molecular flexibility index (Phi) is 6.27. The van der Waals surface area contributed by atoms with Crippen LogP contribution in [-0.4, -0.2) is 56.0 Å². The van der Waals surface area contributed by atoms with Gasteiger partial charge in [0.05, 0.1) is 21.2 Å². The van der Waals surface area contributed by atoms with E-state index in [-0.39, 0.29) is 40.2 Å². The van der Waals surface area contributed by atoms with Gasteiger partial charge < -0.3 is 19.9 Å². The molecule has 0 radical (unpaired) electrons. The van der Waals surface area contributed by atoms with Crippen molar-refractivity contribution in [2.75, 3.05) is 31.6 Å². The van der Waals surface area contributed by atoms with Crippen LogP contribution in [0.1, 0.15) is 23.2 Å². The van der Waals surface area contributed by atoms with Crippen molar-refractivity contribution in [3.63, 3.8) is 0 Å². The van der Waals surface area contributed by atoms with Gasteiger partial charge in [-0.3, -0.25) is 4.79 Å². The number of hydrogen-bond donors (Lipinski definition) is 2. The van der Waals surface area contributed by atoms with Crippen molar-refractivity contribution in [1.82, 2.24) is 4.31 Å². The largest absolute Gasteiger partial charge is 0.486 e. The number of carboxylic acids is 1. The van der Waals surface area contributed by atoms with Crippen molar-refractivity contribution in [2.45, 2.75) is 17.7 Å². The fraction of sp³-hybridized carbons (Fsp3) is 0.333. The van der Waals surface area contributed by atoms with Crippen LogP contribution in [0.4, 0.5) is 5.69 Å². The molecule has 0 atom stereocenters. The zero-order valence-electron chi connectivity index (χ0n) is 16.9. The SMILES string of the molecule is O=C(O)c1ccc(Cl)c(NC(=O)C2CCN(S(=O)(=O)c3ccc4c(c3)OCCO4)CC2)c1. The number of rotatable bonds is 5. The third-order valence-electron chi connectivity index (χ3n) is 5.45. The number of piperidine rings is 1. The van der Waals surface area contributed by atoms with Gasteiger partial charge in [-0.2, -0.15) is 4.31 Å². The van der Waals surface area contributed by atoms with Crippen molar-refractivity contribution in [2.24, 2.45) is 5.92 Å². The minimum Gasteiger partial charge on any atom is -0.486 e. The molecule has 170 valence electrons. The number of benzene rings is 2. The molecule has 0 unspecified atom stereocenters.